The lowest BCUT2D eigenvalue weighted by molar-refractivity contribution is 0.146. The second kappa shape index (κ2) is 8.88. The molecule has 1 aromatic carbocycles. The third-order valence-corrected chi connectivity index (χ3v) is 4.64. The van der Waals surface area contributed by atoms with E-state index in [1.54, 1.807) is 31.2 Å². The Morgan fingerprint density at radius 1 is 1.22 bits per heavy atom. The summed E-state index contributed by atoms with van der Waals surface area (Å²) in [7, 11) is -3.60. The number of alkyl carbamates (subject to hydrolysis) is 1. The third kappa shape index (κ3) is 7.00. The van der Waals surface area contributed by atoms with Gasteiger partial charge in [-0.3, -0.25) is 0 Å². The fourth-order valence-electron chi connectivity index (χ4n) is 2.11. The summed E-state index contributed by atoms with van der Waals surface area (Å²) in [6.07, 6.45) is 0.113. The summed E-state index contributed by atoms with van der Waals surface area (Å²) in [5.41, 5.74) is 0.991. The number of aryl methyl sites for hydroxylation is 1. The standard InChI is InChI=1S/C16H26N2O4S/c1-5-22-16(19)18-14(10-12(2)3)11-17-23(20,21)15-8-6-13(4)7-9-15/h6-9,12,14,17H,5,10-11H2,1-4H3,(H,18,19)/t14-/m1/s1. The summed E-state index contributed by atoms with van der Waals surface area (Å²) < 4.78 is 32.0. The number of hydrogen-bond acceptors (Lipinski definition) is 4. The molecule has 0 saturated carbocycles. The van der Waals surface area contributed by atoms with Crippen molar-refractivity contribution in [2.75, 3.05) is 13.2 Å². The van der Waals surface area contributed by atoms with E-state index in [4.69, 9.17) is 4.74 Å². The minimum atomic E-state index is -3.60. The van der Waals surface area contributed by atoms with Gasteiger partial charge in [0.25, 0.3) is 0 Å². The van der Waals surface area contributed by atoms with Gasteiger partial charge in [0.05, 0.1) is 11.5 Å². The maximum atomic E-state index is 12.3. The Morgan fingerprint density at radius 3 is 2.35 bits per heavy atom. The number of benzene rings is 1. The van der Waals surface area contributed by atoms with Crippen LogP contribution < -0.4 is 10.0 Å². The average molecular weight is 342 g/mol. The average Bonchev–Trinajstić information content (AvgIpc) is 2.45. The summed E-state index contributed by atoms with van der Waals surface area (Å²) in [6, 6.07) is 6.30. The van der Waals surface area contributed by atoms with Crippen molar-refractivity contribution in [3.8, 4) is 0 Å². The highest BCUT2D eigenvalue weighted by Crippen LogP contribution is 2.11. The van der Waals surface area contributed by atoms with Gasteiger partial charge in [-0.05, 0) is 38.3 Å². The van der Waals surface area contributed by atoms with Gasteiger partial charge in [-0.1, -0.05) is 31.5 Å². The van der Waals surface area contributed by atoms with E-state index in [1.807, 2.05) is 20.8 Å². The Kier molecular flexibility index (Phi) is 7.51. The maximum absolute atomic E-state index is 12.3. The zero-order valence-electron chi connectivity index (χ0n) is 14.1. The van der Waals surface area contributed by atoms with Crippen molar-refractivity contribution in [2.24, 2.45) is 5.92 Å². The Hall–Kier alpha value is -1.60. The van der Waals surface area contributed by atoms with E-state index < -0.39 is 16.1 Å². The van der Waals surface area contributed by atoms with Gasteiger partial charge >= 0.3 is 6.09 Å². The first-order chi connectivity index (χ1) is 10.7. The van der Waals surface area contributed by atoms with Crippen LogP contribution in [-0.4, -0.2) is 33.7 Å². The summed E-state index contributed by atoms with van der Waals surface area (Å²) >= 11 is 0. The van der Waals surface area contributed by atoms with Crippen molar-refractivity contribution < 1.29 is 17.9 Å². The summed E-state index contributed by atoms with van der Waals surface area (Å²) in [5.74, 6) is 0.311. The van der Waals surface area contributed by atoms with Gasteiger partial charge < -0.3 is 10.1 Å². The SMILES string of the molecule is CCOC(=O)N[C@@H](CNS(=O)(=O)c1ccc(C)cc1)CC(C)C. The largest absolute Gasteiger partial charge is 0.450 e. The van der Waals surface area contributed by atoms with Gasteiger partial charge in [-0.2, -0.15) is 0 Å². The van der Waals surface area contributed by atoms with Crippen LogP contribution in [0.1, 0.15) is 32.8 Å². The molecular weight excluding hydrogens is 316 g/mol. The van der Waals surface area contributed by atoms with Crippen molar-refractivity contribution in [3.63, 3.8) is 0 Å². The Balaban J connectivity index is 2.71. The molecule has 0 aliphatic heterocycles. The molecule has 1 amide bonds. The van der Waals surface area contributed by atoms with Crippen molar-refractivity contribution in [3.05, 3.63) is 29.8 Å². The smallest absolute Gasteiger partial charge is 0.407 e. The molecule has 0 aliphatic carbocycles. The molecular formula is C16H26N2O4S. The maximum Gasteiger partial charge on any atom is 0.407 e. The number of nitrogens with one attached hydrogen (secondary N) is 2. The van der Waals surface area contributed by atoms with Crippen LogP contribution in [0.25, 0.3) is 0 Å². The molecule has 0 spiro atoms. The molecule has 130 valence electrons. The molecule has 0 aliphatic rings. The van der Waals surface area contributed by atoms with Gasteiger partial charge in [0, 0.05) is 12.6 Å². The van der Waals surface area contributed by atoms with Gasteiger partial charge in [0.2, 0.25) is 10.0 Å². The molecule has 0 heterocycles. The third-order valence-electron chi connectivity index (χ3n) is 3.20. The molecule has 0 aromatic heterocycles. The lowest BCUT2D eigenvalue weighted by Crippen LogP contribution is -2.44. The highest BCUT2D eigenvalue weighted by Gasteiger charge is 2.19. The van der Waals surface area contributed by atoms with E-state index in [1.165, 1.54) is 0 Å². The number of rotatable bonds is 8. The number of amides is 1. The number of carbonyl (C=O) groups excluding carboxylic acids is 1. The van der Waals surface area contributed by atoms with Crippen molar-refractivity contribution in [1.29, 1.82) is 0 Å². The van der Waals surface area contributed by atoms with E-state index in [0.717, 1.165) is 5.56 Å². The highest BCUT2D eigenvalue weighted by atomic mass is 32.2. The molecule has 0 bridgehead atoms. The zero-order valence-corrected chi connectivity index (χ0v) is 14.9. The second-order valence-corrected chi connectivity index (χ2v) is 7.62. The van der Waals surface area contributed by atoms with E-state index in [9.17, 15) is 13.2 Å². The van der Waals surface area contributed by atoms with Gasteiger partial charge in [-0.15, -0.1) is 0 Å². The van der Waals surface area contributed by atoms with Gasteiger partial charge in [-0.25, -0.2) is 17.9 Å². The van der Waals surface area contributed by atoms with Crippen molar-refractivity contribution in [2.45, 2.75) is 45.1 Å². The fraction of sp³-hybridized carbons (Fsp3) is 0.562. The molecule has 0 unspecified atom stereocenters. The van der Waals surface area contributed by atoms with Gasteiger partial charge in [0.1, 0.15) is 0 Å². The van der Waals surface area contributed by atoms with E-state index in [2.05, 4.69) is 10.0 Å². The monoisotopic (exact) mass is 342 g/mol. The molecule has 0 radical (unpaired) electrons. The minimum Gasteiger partial charge on any atom is -0.450 e. The van der Waals surface area contributed by atoms with Crippen LogP contribution in [0.5, 0.6) is 0 Å². The molecule has 2 N–H and O–H groups in total. The first-order valence-corrected chi connectivity index (χ1v) is 9.22. The second-order valence-electron chi connectivity index (χ2n) is 5.86. The Bertz CT molecular complexity index is 597. The number of carbonyl (C=O) groups is 1. The predicted molar refractivity (Wildman–Crippen MR) is 89.8 cm³/mol. The molecule has 1 rings (SSSR count). The number of ether oxygens (including phenoxy) is 1. The van der Waals surface area contributed by atoms with Gasteiger partial charge in [0.15, 0.2) is 0 Å². The number of sulfonamides is 1. The van der Waals surface area contributed by atoms with Crippen LogP contribution in [0.4, 0.5) is 4.79 Å². The first kappa shape index (κ1) is 19.4. The van der Waals surface area contributed by atoms with Crippen LogP contribution >= 0.6 is 0 Å². The summed E-state index contributed by atoms with van der Waals surface area (Å²) in [6.45, 7) is 8.02. The zero-order chi connectivity index (χ0) is 17.5. The van der Waals surface area contributed by atoms with Crippen molar-refractivity contribution >= 4 is 16.1 Å². The molecule has 23 heavy (non-hydrogen) atoms. The summed E-state index contributed by atoms with van der Waals surface area (Å²) in [4.78, 5) is 11.8. The Morgan fingerprint density at radius 2 is 1.83 bits per heavy atom. The van der Waals surface area contributed by atoms with E-state index >= 15 is 0 Å². The van der Waals surface area contributed by atoms with Crippen molar-refractivity contribution in [1.82, 2.24) is 10.0 Å². The van der Waals surface area contributed by atoms with Crippen LogP contribution in [-0.2, 0) is 14.8 Å². The molecule has 0 fully saturated rings. The molecule has 7 heteroatoms. The van der Waals surface area contributed by atoms with Crippen LogP contribution in [0.2, 0.25) is 0 Å². The first-order valence-electron chi connectivity index (χ1n) is 7.74. The molecule has 1 atom stereocenters. The highest BCUT2D eigenvalue weighted by molar-refractivity contribution is 7.89. The molecule has 1 aromatic rings. The predicted octanol–water partition coefficient (Wildman–Crippen LogP) is 2.43. The minimum absolute atomic E-state index is 0.118. The lowest BCUT2D eigenvalue weighted by Gasteiger charge is -2.20. The normalized spacial score (nSPS) is 12.9. The number of hydrogen-bond donors (Lipinski definition) is 2. The van der Waals surface area contributed by atoms with Crippen LogP contribution in [0, 0.1) is 12.8 Å². The van der Waals surface area contributed by atoms with Crippen LogP contribution in [0.3, 0.4) is 0 Å². The Labute approximate surface area is 138 Å². The quantitative estimate of drug-likeness (QED) is 0.760. The molecule has 0 saturated heterocycles. The van der Waals surface area contributed by atoms with E-state index in [-0.39, 0.29) is 24.1 Å². The lowest BCUT2D eigenvalue weighted by atomic mass is 10.0. The topological polar surface area (TPSA) is 84.5 Å². The van der Waals surface area contributed by atoms with Crippen LogP contribution in [0.15, 0.2) is 29.2 Å². The summed E-state index contributed by atoms with van der Waals surface area (Å²) in [5, 5.41) is 2.69. The molecule has 6 nitrogen and oxygen atoms in total. The fourth-order valence-corrected chi connectivity index (χ4v) is 3.19. The van der Waals surface area contributed by atoms with E-state index in [0.29, 0.717) is 12.3 Å².